The van der Waals surface area contributed by atoms with Crippen LogP contribution >= 0.6 is 27.5 Å². The van der Waals surface area contributed by atoms with E-state index in [0.29, 0.717) is 28.6 Å². The van der Waals surface area contributed by atoms with Gasteiger partial charge in [-0.15, -0.1) is 0 Å². The first-order valence-corrected chi connectivity index (χ1v) is 8.04. The summed E-state index contributed by atoms with van der Waals surface area (Å²) in [6.45, 7) is 0.398. The zero-order chi connectivity index (χ0) is 17.0. The van der Waals surface area contributed by atoms with Gasteiger partial charge in [0, 0.05) is 29.7 Å². The zero-order valence-electron chi connectivity index (χ0n) is 13.1. The Morgan fingerprint density at radius 2 is 1.91 bits per heavy atom. The number of carbonyl (C=O) groups excluding carboxylic acids is 1. The second-order valence-corrected chi connectivity index (χ2v) is 6.29. The fraction of sp³-hybridized carbons (Fsp3) is 0.235. The van der Waals surface area contributed by atoms with Gasteiger partial charge in [0.25, 0.3) is 5.91 Å². The van der Waals surface area contributed by atoms with E-state index in [9.17, 15) is 4.79 Å². The van der Waals surface area contributed by atoms with Crippen molar-refractivity contribution in [3.63, 3.8) is 0 Å². The third-order valence-electron chi connectivity index (χ3n) is 3.41. The minimum absolute atomic E-state index is 0.158. The minimum atomic E-state index is -0.158. The Morgan fingerprint density at radius 3 is 2.57 bits per heavy atom. The molecule has 0 aliphatic carbocycles. The van der Waals surface area contributed by atoms with E-state index in [-0.39, 0.29) is 5.91 Å². The van der Waals surface area contributed by atoms with Gasteiger partial charge in [0.15, 0.2) is 0 Å². The smallest absolute Gasteiger partial charge is 0.255 e. The molecule has 1 amide bonds. The second kappa shape index (κ2) is 7.70. The summed E-state index contributed by atoms with van der Waals surface area (Å²) in [6.07, 6.45) is 0. The second-order valence-electron chi connectivity index (χ2n) is 4.96. The predicted octanol–water partition coefficient (Wildman–Crippen LogP) is 4.39. The highest BCUT2D eigenvalue weighted by molar-refractivity contribution is 9.10. The van der Waals surface area contributed by atoms with Gasteiger partial charge >= 0.3 is 0 Å². The van der Waals surface area contributed by atoms with E-state index in [1.807, 2.05) is 12.1 Å². The van der Waals surface area contributed by atoms with Crippen molar-refractivity contribution in [2.75, 3.05) is 21.3 Å². The summed E-state index contributed by atoms with van der Waals surface area (Å²) in [5, 5.41) is 0.423. The summed E-state index contributed by atoms with van der Waals surface area (Å²) in [5.74, 6) is 1.22. The van der Waals surface area contributed by atoms with E-state index in [2.05, 4.69) is 15.9 Å². The molecule has 2 rings (SSSR count). The fourth-order valence-corrected chi connectivity index (χ4v) is 2.74. The van der Waals surface area contributed by atoms with Crippen molar-refractivity contribution in [1.29, 1.82) is 0 Å². The first-order valence-electron chi connectivity index (χ1n) is 6.87. The molecule has 0 fully saturated rings. The lowest BCUT2D eigenvalue weighted by Crippen LogP contribution is -2.26. The molecule has 0 heterocycles. The topological polar surface area (TPSA) is 38.8 Å². The molecule has 0 aliphatic rings. The maximum Gasteiger partial charge on any atom is 0.255 e. The van der Waals surface area contributed by atoms with Crippen LogP contribution in [0.25, 0.3) is 0 Å². The Morgan fingerprint density at radius 1 is 1.17 bits per heavy atom. The lowest BCUT2D eigenvalue weighted by atomic mass is 10.1. The molecule has 0 spiro atoms. The van der Waals surface area contributed by atoms with E-state index in [1.165, 1.54) is 0 Å². The van der Waals surface area contributed by atoms with Gasteiger partial charge in [-0.05, 0) is 30.3 Å². The van der Waals surface area contributed by atoms with Crippen molar-refractivity contribution < 1.29 is 14.3 Å². The third-order valence-corrected chi connectivity index (χ3v) is 4.23. The summed E-state index contributed by atoms with van der Waals surface area (Å²) < 4.78 is 11.4. The molecular weight excluding hydrogens is 382 g/mol. The van der Waals surface area contributed by atoms with Crippen LogP contribution in [-0.2, 0) is 6.54 Å². The van der Waals surface area contributed by atoms with Crippen molar-refractivity contribution in [3.05, 3.63) is 57.0 Å². The summed E-state index contributed by atoms with van der Waals surface area (Å²) in [5.41, 5.74) is 1.34. The van der Waals surface area contributed by atoms with E-state index in [0.717, 1.165) is 10.0 Å². The van der Waals surface area contributed by atoms with Gasteiger partial charge in [-0.25, -0.2) is 0 Å². The number of amides is 1. The predicted molar refractivity (Wildman–Crippen MR) is 94.5 cm³/mol. The van der Waals surface area contributed by atoms with Crippen molar-refractivity contribution in [1.82, 2.24) is 4.90 Å². The Bertz CT molecular complexity index is 721. The monoisotopic (exact) mass is 397 g/mol. The highest BCUT2D eigenvalue weighted by Crippen LogP contribution is 2.27. The van der Waals surface area contributed by atoms with Crippen LogP contribution in [0.15, 0.2) is 40.9 Å². The number of hydrogen-bond acceptors (Lipinski definition) is 3. The lowest BCUT2D eigenvalue weighted by molar-refractivity contribution is 0.0784. The first kappa shape index (κ1) is 17.6. The Hall–Kier alpha value is -1.72. The molecule has 2 aromatic carbocycles. The molecule has 0 unspecified atom stereocenters. The van der Waals surface area contributed by atoms with Crippen molar-refractivity contribution in [2.45, 2.75) is 6.54 Å². The molecule has 2 aromatic rings. The summed E-state index contributed by atoms with van der Waals surface area (Å²) in [6, 6.07) is 10.7. The highest BCUT2D eigenvalue weighted by atomic mass is 79.9. The number of carbonyl (C=O) groups is 1. The summed E-state index contributed by atoms with van der Waals surface area (Å²) in [4.78, 5) is 14.2. The van der Waals surface area contributed by atoms with Crippen molar-refractivity contribution in [2.24, 2.45) is 0 Å². The van der Waals surface area contributed by atoms with Gasteiger partial charge in [-0.3, -0.25) is 4.79 Å². The number of hydrogen-bond donors (Lipinski definition) is 0. The largest absolute Gasteiger partial charge is 0.497 e. The number of nitrogens with zero attached hydrogens (tertiary/aromatic N) is 1. The maximum atomic E-state index is 12.6. The molecule has 0 aromatic heterocycles. The lowest BCUT2D eigenvalue weighted by Gasteiger charge is -2.20. The minimum Gasteiger partial charge on any atom is -0.497 e. The van der Waals surface area contributed by atoms with Crippen LogP contribution in [0.3, 0.4) is 0 Å². The van der Waals surface area contributed by atoms with Crippen LogP contribution in [0, 0.1) is 0 Å². The van der Waals surface area contributed by atoms with Gasteiger partial charge in [0.2, 0.25) is 0 Å². The summed E-state index contributed by atoms with van der Waals surface area (Å²) >= 11 is 9.48. The third kappa shape index (κ3) is 4.18. The average molecular weight is 399 g/mol. The maximum absolute atomic E-state index is 12.6. The van der Waals surface area contributed by atoms with E-state index >= 15 is 0 Å². The normalized spacial score (nSPS) is 10.3. The quantitative estimate of drug-likeness (QED) is 0.750. The number of methoxy groups -OCH3 is 2. The van der Waals surface area contributed by atoms with Gasteiger partial charge in [0.05, 0.1) is 24.8 Å². The van der Waals surface area contributed by atoms with Gasteiger partial charge in [-0.2, -0.15) is 0 Å². The molecule has 4 nitrogen and oxygen atoms in total. The van der Waals surface area contributed by atoms with Crippen molar-refractivity contribution >= 4 is 33.4 Å². The first-order chi connectivity index (χ1) is 11.0. The van der Waals surface area contributed by atoms with Gasteiger partial charge in [0.1, 0.15) is 11.5 Å². The molecule has 0 radical (unpaired) electrons. The Kier molecular flexibility index (Phi) is 5.91. The number of halogens is 2. The molecular formula is C17H17BrClNO3. The highest BCUT2D eigenvalue weighted by Gasteiger charge is 2.17. The molecule has 0 saturated carbocycles. The Balaban J connectivity index is 2.23. The van der Waals surface area contributed by atoms with E-state index < -0.39 is 0 Å². The number of benzene rings is 2. The zero-order valence-corrected chi connectivity index (χ0v) is 15.4. The fourth-order valence-electron chi connectivity index (χ4n) is 2.18. The molecule has 0 aliphatic heterocycles. The molecule has 23 heavy (non-hydrogen) atoms. The van der Waals surface area contributed by atoms with Crippen LogP contribution in [0.5, 0.6) is 11.5 Å². The van der Waals surface area contributed by atoms with Crippen LogP contribution in [-0.4, -0.2) is 32.1 Å². The summed E-state index contributed by atoms with van der Waals surface area (Å²) in [7, 11) is 4.91. The van der Waals surface area contributed by atoms with Crippen LogP contribution in [0.1, 0.15) is 15.9 Å². The van der Waals surface area contributed by atoms with Crippen LogP contribution in [0.4, 0.5) is 0 Å². The van der Waals surface area contributed by atoms with E-state index in [4.69, 9.17) is 21.1 Å². The van der Waals surface area contributed by atoms with Crippen LogP contribution in [0.2, 0.25) is 5.02 Å². The Labute approximate surface area is 149 Å². The molecule has 0 N–H and O–H groups in total. The molecule has 122 valence electrons. The van der Waals surface area contributed by atoms with Crippen molar-refractivity contribution in [3.8, 4) is 11.5 Å². The number of rotatable bonds is 5. The standard InChI is InChI=1S/C17H17BrClNO3/c1-20(17(21)14-8-12(18)5-7-15(14)19)10-11-4-6-13(22-2)9-16(11)23-3/h4-9H,10H2,1-3H3. The van der Waals surface area contributed by atoms with E-state index in [1.54, 1.807) is 50.4 Å². The molecule has 0 bridgehead atoms. The molecule has 0 saturated heterocycles. The number of ether oxygens (including phenoxy) is 2. The van der Waals surface area contributed by atoms with Crippen LogP contribution < -0.4 is 9.47 Å². The van der Waals surface area contributed by atoms with Gasteiger partial charge in [-0.1, -0.05) is 27.5 Å². The SMILES string of the molecule is COc1ccc(CN(C)C(=O)c2cc(Br)ccc2Cl)c(OC)c1. The average Bonchev–Trinajstić information content (AvgIpc) is 2.56. The molecule has 0 atom stereocenters. The van der Waals surface area contributed by atoms with Gasteiger partial charge < -0.3 is 14.4 Å². The molecule has 6 heteroatoms.